The van der Waals surface area contributed by atoms with E-state index in [0.717, 1.165) is 0 Å². The van der Waals surface area contributed by atoms with Crippen LogP contribution in [0.5, 0.6) is 0 Å². The summed E-state index contributed by atoms with van der Waals surface area (Å²) >= 11 is 0. The fourth-order valence-electron chi connectivity index (χ4n) is 0.685. The lowest BCUT2D eigenvalue weighted by atomic mass is 10.4. The molecule has 1 atom stereocenters. The molecule has 0 fully saturated rings. The molecule has 0 aliphatic heterocycles. The second-order valence-corrected chi connectivity index (χ2v) is 2.03. The average Bonchev–Trinajstić information content (AvgIpc) is 2.03. The van der Waals surface area contributed by atoms with Gasteiger partial charge in [-0.05, 0) is 13.8 Å². The number of hydrogen-bond acceptors (Lipinski definition) is 4. The third kappa shape index (κ3) is 4.31. The minimum Gasteiger partial charge on any atom is -0.393 e. The van der Waals surface area contributed by atoms with Crippen LogP contribution < -0.4 is 0 Å². The molecule has 68 valence electrons. The Bertz CT molecular complexity index is 80.5. The normalized spacial score (nSPS) is 13.9. The summed E-state index contributed by atoms with van der Waals surface area (Å²) in [4.78, 5) is 0. The molecule has 0 rings (SSSR count). The predicted octanol–water partition coefficient (Wildman–Crippen LogP) is -0.261. The summed E-state index contributed by atoms with van der Waals surface area (Å²) in [5.74, 6) is 0. The maximum atomic E-state index is 9.08. The molecule has 4 nitrogen and oxygen atoms in total. The van der Waals surface area contributed by atoms with Crippen molar-refractivity contribution in [2.75, 3.05) is 19.8 Å². The SMILES string of the molecule is CCOC(OCC)[C@@H](O)CO. The molecule has 0 aromatic rings. The smallest absolute Gasteiger partial charge is 0.185 e. The van der Waals surface area contributed by atoms with Crippen molar-refractivity contribution in [3.8, 4) is 0 Å². The van der Waals surface area contributed by atoms with E-state index < -0.39 is 12.4 Å². The fraction of sp³-hybridized carbons (Fsp3) is 1.00. The molecule has 0 aromatic heterocycles. The largest absolute Gasteiger partial charge is 0.393 e. The zero-order valence-electron chi connectivity index (χ0n) is 6.99. The molecule has 0 aliphatic carbocycles. The highest BCUT2D eigenvalue weighted by atomic mass is 16.7. The highest BCUT2D eigenvalue weighted by Crippen LogP contribution is 2.00. The summed E-state index contributed by atoms with van der Waals surface area (Å²) in [5.41, 5.74) is 0. The van der Waals surface area contributed by atoms with Crippen LogP contribution in [0, 0.1) is 0 Å². The molecule has 0 radical (unpaired) electrons. The standard InChI is InChI=1S/C7H16O4/c1-3-10-7(11-4-2)6(9)5-8/h6-9H,3-5H2,1-2H3/t6-/m0/s1. The molecule has 0 bridgehead atoms. The minimum absolute atomic E-state index is 0.343. The Hall–Kier alpha value is -0.160. The number of aliphatic hydroxyl groups is 2. The second-order valence-electron chi connectivity index (χ2n) is 2.03. The first-order valence-electron chi connectivity index (χ1n) is 3.78. The second kappa shape index (κ2) is 6.54. The highest BCUT2D eigenvalue weighted by Gasteiger charge is 2.17. The van der Waals surface area contributed by atoms with Gasteiger partial charge in [0.25, 0.3) is 0 Å². The Morgan fingerprint density at radius 3 is 1.91 bits per heavy atom. The first-order chi connectivity index (χ1) is 5.26. The van der Waals surface area contributed by atoms with Crippen molar-refractivity contribution in [3.05, 3.63) is 0 Å². The van der Waals surface area contributed by atoms with Crippen molar-refractivity contribution >= 4 is 0 Å². The van der Waals surface area contributed by atoms with Crippen LogP contribution >= 0.6 is 0 Å². The predicted molar refractivity (Wildman–Crippen MR) is 40.1 cm³/mol. The Kier molecular flexibility index (Phi) is 6.45. The van der Waals surface area contributed by atoms with Gasteiger partial charge in [-0.3, -0.25) is 0 Å². The van der Waals surface area contributed by atoms with Crippen molar-refractivity contribution < 1.29 is 19.7 Å². The first kappa shape index (κ1) is 10.8. The number of ether oxygens (including phenoxy) is 2. The van der Waals surface area contributed by atoms with Gasteiger partial charge in [-0.25, -0.2) is 0 Å². The maximum Gasteiger partial charge on any atom is 0.185 e. The Morgan fingerprint density at radius 2 is 1.64 bits per heavy atom. The van der Waals surface area contributed by atoms with E-state index in [2.05, 4.69) is 0 Å². The van der Waals surface area contributed by atoms with Gasteiger partial charge in [-0.1, -0.05) is 0 Å². The Balaban J connectivity index is 3.66. The van der Waals surface area contributed by atoms with Gasteiger partial charge in [0.15, 0.2) is 6.29 Å². The fourth-order valence-corrected chi connectivity index (χ4v) is 0.685. The summed E-state index contributed by atoms with van der Waals surface area (Å²) in [6.07, 6.45) is -1.65. The van der Waals surface area contributed by atoms with Gasteiger partial charge in [0.2, 0.25) is 0 Å². The Labute approximate surface area is 66.7 Å². The third-order valence-electron chi connectivity index (χ3n) is 1.16. The van der Waals surface area contributed by atoms with Crippen LogP contribution in [0.15, 0.2) is 0 Å². The van der Waals surface area contributed by atoms with E-state index in [1.54, 1.807) is 13.8 Å². The van der Waals surface area contributed by atoms with E-state index in [1.165, 1.54) is 0 Å². The molecule has 0 aromatic carbocycles. The van der Waals surface area contributed by atoms with Crippen LogP contribution in [-0.2, 0) is 9.47 Å². The average molecular weight is 164 g/mol. The molecular formula is C7H16O4. The molecule has 4 heteroatoms. The summed E-state index contributed by atoms with van der Waals surface area (Å²) in [6.45, 7) is 4.18. The topological polar surface area (TPSA) is 58.9 Å². The monoisotopic (exact) mass is 164 g/mol. The number of rotatable bonds is 6. The van der Waals surface area contributed by atoms with Crippen molar-refractivity contribution in [1.29, 1.82) is 0 Å². The van der Waals surface area contributed by atoms with E-state index in [4.69, 9.17) is 19.7 Å². The summed E-state index contributed by atoms with van der Waals surface area (Å²) in [5, 5.41) is 17.6. The molecular weight excluding hydrogens is 148 g/mol. The molecule has 0 saturated carbocycles. The van der Waals surface area contributed by atoms with Crippen LogP contribution in [0.4, 0.5) is 0 Å². The van der Waals surface area contributed by atoms with Crippen LogP contribution in [0.1, 0.15) is 13.8 Å². The van der Waals surface area contributed by atoms with Crippen molar-refractivity contribution in [2.45, 2.75) is 26.2 Å². The molecule has 0 spiro atoms. The van der Waals surface area contributed by atoms with Crippen molar-refractivity contribution in [2.24, 2.45) is 0 Å². The number of hydrogen-bond donors (Lipinski definition) is 2. The van der Waals surface area contributed by atoms with E-state index in [9.17, 15) is 0 Å². The molecule has 0 aliphatic rings. The van der Waals surface area contributed by atoms with Gasteiger partial charge in [0.1, 0.15) is 6.10 Å². The minimum atomic E-state index is -0.949. The van der Waals surface area contributed by atoms with E-state index in [0.29, 0.717) is 13.2 Å². The van der Waals surface area contributed by atoms with Crippen molar-refractivity contribution in [3.63, 3.8) is 0 Å². The Morgan fingerprint density at radius 1 is 1.18 bits per heavy atom. The lowest BCUT2D eigenvalue weighted by Crippen LogP contribution is -2.34. The van der Waals surface area contributed by atoms with E-state index in [1.807, 2.05) is 0 Å². The third-order valence-corrected chi connectivity index (χ3v) is 1.16. The summed E-state index contributed by atoms with van der Waals surface area (Å²) in [6, 6.07) is 0. The molecule has 2 N–H and O–H groups in total. The zero-order chi connectivity index (χ0) is 8.69. The van der Waals surface area contributed by atoms with Gasteiger partial charge in [-0.15, -0.1) is 0 Å². The van der Waals surface area contributed by atoms with Gasteiger partial charge < -0.3 is 19.7 Å². The van der Waals surface area contributed by atoms with E-state index >= 15 is 0 Å². The van der Waals surface area contributed by atoms with Gasteiger partial charge >= 0.3 is 0 Å². The van der Waals surface area contributed by atoms with Crippen LogP contribution in [0.25, 0.3) is 0 Å². The van der Waals surface area contributed by atoms with Crippen molar-refractivity contribution in [1.82, 2.24) is 0 Å². The quantitative estimate of drug-likeness (QED) is 0.531. The maximum absolute atomic E-state index is 9.08. The lowest BCUT2D eigenvalue weighted by molar-refractivity contribution is -0.196. The van der Waals surface area contributed by atoms with Crippen LogP contribution in [0.2, 0.25) is 0 Å². The summed E-state index contributed by atoms with van der Waals surface area (Å²) < 4.78 is 10.0. The first-order valence-corrected chi connectivity index (χ1v) is 3.78. The molecule has 0 unspecified atom stereocenters. The van der Waals surface area contributed by atoms with Crippen LogP contribution in [-0.4, -0.2) is 42.4 Å². The zero-order valence-corrected chi connectivity index (χ0v) is 6.99. The summed E-state index contributed by atoms with van der Waals surface area (Å²) in [7, 11) is 0. The number of aliphatic hydroxyl groups excluding tert-OH is 2. The molecule has 0 heterocycles. The highest BCUT2D eigenvalue weighted by molar-refractivity contribution is 4.57. The van der Waals surface area contributed by atoms with Gasteiger partial charge in [-0.2, -0.15) is 0 Å². The van der Waals surface area contributed by atoms with Crippen LogP contribution in [0.3, 0.4) is 0 Å². The van der Waals surface area contributed by atoms with Gasteiger partial charge in [0.05, 0.1) is 6.61 Å². The van der Waals surface area contributed by atoms with Gasteiger partial charge in [0, 0.05) is 13.2 Å². The molecule has 0 saturated heterocycles. The lowest BCUT2D eigenvalue weighted by Gasteiger charge is -2.20. The van der Waals surface area contributed by atoms with E-state index in [-0.39, 0.29) is 6.61 Å². The molecule has 0 amide bonds. The molecule has 11 heavy (non-hydrogen) atoms.